The molecule has 5 heteroatoms. The van der Waals surface area contributed by atoms with Crippen molar-refractivity contribution in [1.29, 1.82) is 0 Å². The molecule has 4 nitrogen and oxygen atoms in total. The molecule has 0 aliphatic heterocycles. The van der Waals surface area contributed by atoms with E-state index in [0.717, 1.165) is 3.57 Å². The van der Waals surface area contributed by atoms with Crippen LogP contribution in [0, 0.1) is 3.57 Å². The lowest BCUT2D eigenvalue weighted by atomic mass is 10.1. The third kappa shape index (κ3) is 3.35. The first-order valence-corrected chi connectivity index (χ1v) is 5.43. The molecule has 0 spiro atoms. The number of carbonyl (C=O) groups excluding carboxylic acids is 1. The lowest BCUT2D eigenvalue weighted by Crippen LogP contribution is -2.33. The van der Waals surface area contributed by atoms with E-state index < -0.39 is 12.0 Å². The van der Waals surface area contributed by atoms with Crippen LogP contribution in [0.1, 0.15) is 5.56 Å². The lowest BCUT2D eigenvalue weighted by molar-refractivity contribution is -0.142. The molecule has 0 fully saturated rings. The van der Waals surface area contributed by atoms with Gasteiger partial charge in [-0.05, 0) is 46.4 Å². The van der Waals surface area contributed by atoms with E-state index in [0.29, 0.717) is 5.56 Å². The second-order valence-corrected chi connectivity index (χ2v) is 4.35. The van der Waals surface area contributed by atoms with Crippen LogP contribution in [-0.4, -0.2) is 24.2 Å². The van der Waals surface area contributed by atoms with E-state index in [4.69, 9.17) is 5.73 Å². The Labute approximate surface area is 102 Å². The first-order chi connectivity index (χ1) is 7.04. The summed E-state index contributed by atoms with van der Waals surface area (Å²) in [4.78, 5) is 11.1. The van der Waals surface area contributed by atoms with Gasteiger partial charge in [-0.1, -0.05) is 0 Å². The molecule has 15 heavy (non-hydrogen) atoms. The normalized spacial score (nSPS) is 12.2. The van der Waals surface area contributed by atoms with Crippen LogP contribution in [0.15, 0.2) is 18.2 Å². The zero-order valence-corrected chi connectivity index (χ0v) is 10.4. The highest BCUT2D eigenvalue weighted by atomic mass is 127. The van der Waals surface area contributed by atoms with Crippen LogP contribution in [0.2, 0.25) is 0 Å². The molecule has 1 atom stereocenters. The van der Waals surface area contributed by atoms with Crippen molar-refractivity contribution in [3.8, 4) is 5.75 Å². The lowest BCUT2D eigenvalue weighted by Gasteiger charge is -2.10. The minimum absolute atomic E-state index is 0.148. The fraction of sp³-hybridized carbons (Fsp3) is 0.300. The highest BCUT2D eigenvalue weighted by Crippen LogP contribution is 2.20. The second-order valence-electron chi connectivity index (χ2n) is 3.11. The molecule has 0 aromatic heterocycles. The first kappa shape index (κ1) is 12.3. The van der Waals surface area contributed by atoms with E-state index in [1.165, 1.54) is 7.11 Å². The van der Waals surface area contributed by atoms with Crippen LogP contribution >= 0.6 is 22.6 Å². The number of hydrogen-bond donors (Lipinski definition) is 2. The summed E-state index contributed by atoms with van der Waals surface area (Å²) in [7, 11) is 1.29. The Hall–Kier alpha value is -0.820. The highest BCUT2D eigenvalue weighted by molar-refractivity contribution is 14.1. The Morgan fingerprint density at radius 1 is 1.67 bits per heavy atom. The number of halogens is 1. The predicted molar refractivity (Wildman–Crippen MR) is 64.5 cm³/mol. The molecule has 0 saturated heterocycles. The average Bonchev–Trinajstić information content (AvgIpc) is 2.22. The highest BCUT2D eigenvalue weighted by Gasteiger charge is 2.16. The van der Waals surface area contributed by atoms with Crippen molar-refractivity contribution < 1.29 is 14.6 Å². The van der Waals surface area contributed by atoms with Gasteiger partial charge in [0.15, 0.2) is 0 Å². The van der Waals surface area contributed by atoms with Crippen LogP contribution < -0.4 is 5.73 Å². The fourth-order valence-electron chi connectivity index (χ4n) is 1.19. The van der Waals surface area contributed by atoms with Gasteiger partial charge in [0.25, 0.3) is 0 Å². The molecule has 3 N–H and O–H groups in total. The number of methoxy groups -OCH3 is 1. The van der Waals surface area contributed by atoms with Crippen LogP contribution in [0.25, 0.3) is 0 Å². The summed E-state index contributed by atoms with van der Waals surface area (Å²) in [6, 6.07) is 4.42. The zero-order chi connectivity index (χ0) is 11.4. The molecule has 82 valence electrons. The molecule has 1 rings (SSSR count). The van der Waals surface area contributed by atoms with Crippen LogP contribution in [0.3, 0.4) is 0 Å². The summed E-state index contributed by atoms with van der Waals surface area (Å²) in [5, 5.41) is 9.53. The van der Waals surface area contributed by atoms with Crippen LogP contribution in [-0.2, 0) is 16.0 Å². The molecular weight excluding hydrogens is 309 g/mol. The van der Waals surface area contributed by atoms with Gasteiger partial charge in [-0.15, -0.1) is 0 Å². The average molecular weight is 321 g/mol. The number of carbonyl (C=O) groups is 1. The Balaban J connectivity index is 2.80. The van der Waals surface area contributed by atoms with Gasteiger partial charge in [-0.25, -0.2) is 0 Å². The molecule has 0 heterocycles. The first-order valence-electron chi connectivity index (χ1n) is 4.35. The maximum atomic E-state index is 11.1. The van der Waals surface area contributed by atoms with Crippen molar-refractivity contribution in [2.24, 2.45) is 5.73 Å². The third-order valence-corrected chi connectivity index (χ3v) is 2.66. The van der Waals surface area contributed by atoms with Crippen LogP contribution in [0.5, 0.6) is 5.75 Å². The number of aromatic hydroxyl groups is 1. The monoisotopic (exact) mass is 321 g/mol. The quantitative estimate of drug-likeness (QED) is 0.644. The number of hydrogen-bond acceptors (Lipinski definition) is 4. The number of nitrogens with two attached hydrogens (primary N) is 1. The second kappa shape index (κ2) is 5.32. The fourth-order valence-corrected chi connectivity index (χ4v) is 1.74. The number of esters is 1. The maximum absolute atomic E-state index is 11.1. The van der Waals surface area contributed by atoms with Crippen molar-refractivity contribution in [3.63, 3.8) is 0 Å². The summed E-state index contributed by atoms with van der Waals surface area (Å²) in [6.07, 6.45) is 0.273. The van der Waals surface area contributed by atoms with Crippen molar-refractivity contribution in [3.05, 3.63) is 27.3 Å². The molecule has 1 unspecified atom stereocenters. The Morgan fingerprint density at radius 3 is 2.93 bits per heavy atom. The maximum Gasteiger partial charge on any atom is 0.322 e. The van der Waals surface area contributed by atoms with Crippen molar-refractivity contribution in [2.75, 3.05) is 7.11 Å². The van der Waals surface area contributed by atoms with E-state index in [1.807, 2.05) is 0 Å². The van der Waals surface area contributed by atoms with Crippen molar-refractivity contribution >= 4 is 28.6 Å². The van der Waals surface area contributed by atoms with E-state index in [-0.39, 0.29) is 12.2 Å². The minimum Gasteiger partial charge on any atom is -0.508 e. The summed E-state index contributed by atoms with van der Waals surface area (Å²) >= 11 is 2.13. The summed E-state index contributed by atoms with van der Waals surface area (Å²) < 4.78 is 5.49. The number of phenolic OH excluding ortho intramolecular Hbond substituents is 1. The van der Waals surface area contributed by atoms with Gasteiger partial charge in [0.05, 0.1) is 7.11 Å². The summed E-state index contributed by atoms with van der Waals surface area (Å²) in [6.45, 7) is 0. The van der Waals surface area contributed by atoms with Gasteiger partial charge >= 0.3 is 5.97 Å². The van der Waals surface area contributed by atoms with Gasteiger partial charge < -0.3 is 15.6 Å². The number of benzene rings is 1. The van der Waals surface area contributed by atoms with Crippen molar-refractivity contribution in [1.82, 2.24) is 0 Å². The zero-order valence-electron chi connectivity index (χ0n) is 8.24. The smallest absolute Gasteiger partial charge is 0.322 e. The van der Waals surface area contributed by atoms with Crippen LogP contribution in [0.4, 0.5) is 0 Å². The molecule has 1 aromatic rings. The van der Waals surface area contributed by atoms with E-state index in [1.54, 1.807) is 18.2 Å². The molecule has 1 aromatic carbocycles. The number of rotatable bonds is 3. The third-order valence-electron chi connectivity index (χ3n) is 1.99. The Bertz CT molecular complexity index is 368. The number of ether oxygens (including phenoxy) is 1. The van der Waals surface area contributed by atoms with Gasteiger partial charge in [-0.2, -0.15) is 0 Å². The molecular formula is C10H12INO3. The number of phenols is 1. The largest absolute Gasteiger partial charge is 0.508 e. The Kier molecular flexibility index (Phi) is 4.34. The van der Waals surface area contributed by atoms with Gasteiger partial charge in [0.1, 0.15) is 11.8 Å². The molecule has 0 aliphatic rings. The summed E-state index contributed by atoms with van der Waals surface area (Å²) in [5.74, 6) is -0.331. The summed E-state index contributed by atoms with van der Waals surface area (Å²) in [5.41, 5.74) is 6.24. The molecule has 0 saturated carbocycles. The van der Waals surface area contributed by atoms with E-state index in [2.05, 4.69) is 27.3 Å². The predicted octanol–water partition coefficient (Wildman–Crippen LogP) is 1.04. The topological polar surface area (TPSA) is 72.5 Å². The molecule has 0 aliphatic carbocycles. The Morgan fingerprint density at radius 2 is 2.33 bits per heavy atom. The molecule has 0 radical (unpaired) electrons. The van der Waals surface area contributed by atoms with E-state index in [9.17, 15) is 9.90 Å². The van der Waals surface area contributed by atoms with Gasteiger partial charge in [0.2, 0.25) is 0 Å². The van der Waals surface area contributed by atoms with Gasteiger partial charge in [0, 0.05) is 9.99 Å². The molecule has 0 amide bonds. The van der Waals surface area contributed by atoms with Gasteiger partial charge in [-0.3, -0.25) is 4.79 Å². The minimum atomic E-state index is -0.737. The molecule has 0 bridgehead atoms. The van der Waals surface area contributed by atoms with Crippen molar-refractivity contribution in [2.45, 2.75) is 12.5 Å². The SMILES string of the molecule is COC(=O)C(N)Cc1cc(I)ccc1O. The van der Waals surface area contributed by atoms with E-state index >= 15 is 0 Å². The standard InChI is InChI=1S/C10H12INO3/c1-15-10(14)8(12)5-6-4-7(11)2-3-9(6)13/h2-4,8,13H,5,12H2,1H3.